The molecule has 2 aromatic carbocycles. The van der Waals surface area contributed by atoms with Crippen molar-refractivity contribution in [2.45, 2.75) is 36.5 Å². The summed E-state index contributed by atoms with van der Waals surface area (Å²) in [6, 6.07) is 13.6. The fourth-order valence-corrected chi connectivity index (χ4v) is 3.71. The van der Waals surface area contributed by atoms with E-state index in [1.807, 2.05) is 18.2 Å². The first-order valence-electron chi connectivity index (χ1n) is 9.95. The molecule has 0 saturated heterocycles. The van der Waals surface area contributed by atoms with Gasteiger partial charge in [-0.3, -0.25) is 4.79 Å². The van der Waals surface area contributed by atoms with Gasteiger partial charge in [-0.25, -0.2) is 9.18 Å². The van der Waals surface area contributed by atoms with E-state index in [0.717, 1.165) is 17.7 Å². The second-order valence-electron chi connectivity index (χ2n) is 7.89. The molecule has 0 radical (unpaired) electrons. The van der Waals surface area contributed by atoms with Crippen LogP contribution in [0.2, 0.25) is 0 Å². The number of carboxylic acids is 1. The molecule has 1 aliphatic heterocycles. The van der Waals surface area contributed by atoms with Crippen molar-refractivity contribution < 1.29 is 32.3 Å². The first kappa shape index (κ1) is 23.7. The number of carbonyl (C=O) groups is 2. The van der Waals surface area contributed by atoms with Crippen molar-refractivity contribution in [3.8, 4) is 0 Å². The second kappa shape index (κ2) is 9.25. The maximum Gasteiger partial charge on any atom is 0.490 e. The van der Waals surface area contributed by atoms with Crippen molar-refractivity contribution in [2.75, 3.05) is 13.1 Å². The van der Waals surface area contributed by atoms with Crippen LogP contribution < -0.4 is 16.4 Å². The van der Waals surface area contributed by atoms with Gasteiger partial charge in [0, 0.05) is 24.5 Å². The minimum atomic E-state index is -5.08. The highest BCUT2D eigenvalue weighted by Crippen LogP contribution is 2.52. The zero-order valence-corrected chi connectivity index (χ0v) is 17.0. The van der Waals surface area contributed by atoms with Crippen LogP contribution in [0, 0.1) is 5.82 Å². The molecule has 2 aromatic rings. The molecule has 1 aliphatic carbocycles. The van der Waals surface area contributed by atoms with Gasteiger partial charge in [-0.1, -0.05) is 36.4 Å². The Morgan fingerprint density at radius 2 is 1.75 bits per heavy atom. The van der Waals surface area contributed by atoms with E-state index in [-0.39, 0.29) is 29.2 Å². The molecule has 5 N–H and O–H groups in total. The molecule has 1 amide bonds. The second-order valence-corrected chi connectivity index (χ2v) is 7.89. The van der Waals surface area contributed by atoms with Gasteiger partial charge >= 0.3 is 12.1 Å². The van der Waals surface area contributed by atoms with Gasteiger partial charge in [0.15, 0.2) is 0 Å². The van der Waals surface area contributed by atoms with Crippen molar-refractivity contribution in [2.24, 2.45) is 5.73 Å². The highest BCUT2D eigenvalue weighted by Gasteiger charge is 2.49. The van der Waals surface area contributed by atoms with E-state index in [2.05, 4.69) is 16.7 Å². The van der Waals surface area contributed by atoms with Crippen molar-refractivity contribution in [3.05, 3.63) is 71.0 Å². The number of rotatable bonds is 4. The van der Waals surface area contributed by atoms with Crippen LogP contribution in [0.15, 0.2) is 48.5 Å². The summed E-state index contributed by atoms with van der Waals surface area (Å²) < 4.78 is 44.7. The molecule has 2 aliphatic rings. The van der Waals surface area contributed by atoms with Gasteiger partial charge in [0.2, 0.25) is 5.91 Å². The molecule has 2 unspecified atom stereocenters. The Kier molecular flexibility index (Phi) is 6.85. The number of carboxylic acid groups (broad SMARTS) is 1. The molecule has 6 nitrogen and oxygen atoms in total. The number of hydrogen-bond donors (Lipinski definition) is 4. The zero-order chi connectivity index (χ0) is 23.5. The Balaban J connectivity index is 0.000000360. The van der Waals surface area contributed by atoms with Gasteiger partial charge in [-0.05, 0) is 41.7 Å². The summed E-state index contributed by atoms with van der Waals surface area (Å²) in [5.41, 5.74) is 9.52. The number of carbonyl (C=O) groups excluding carboxylic acids is 1. The highest BCUT2D eigenvalue weighted by atomic mass is 19.4. The average Bonchev–Trinajstić information content (AvgIpc) is 3.53. The number of nitrogens with one attached hydrogen (secondary N) is 2. The number of nitrogens with two attached hydrogens (primary N) is 1. The van der Waals surface area contributed by atoms with E-state index in [0.29, 0.717) is 6.54 Å². The van der Waals surface area contributed by atoms with Crippen LogP contribution in [0.1, 0.15) is 41.6 Å². The molecule has 172 valence electrons. The Labute approximate surface area is 181 Å². The number of hydrogen-bond acceptors (Lipinski definition) is 4. The van der Waals surface area contributed by atoms with Crippen LogP contribution in [0.5, 0.6) is 0 Å². The van der Waals surface area contributed by atoms with Crippen molar-refractivity contribution in [3.63, 3.8) is 0 Å². The maximum absolute atomic E-state index is 13.0. The highest BCUT2D eigenvalue weighted by molar-refractivity contribution is 5.84. The van der Waals surface area contributed by atoms with Gasteiger partial charge in [0.25, 0.3) is 0 Å². The van der Waals surface area contributed by atoms with Gasteiger partial charge in [-0.2, -0.15) is 13.2 Å². The van der Waals surface area contributed by atoms with Crippen LogP contribution in [0.4, 0.5) is 17.6 Å². The summed E-state index contributed by atoms with van der Waals surface area (Å²) in [5.74, 6) is -3.12. The molecular weight excluding hydrogens is 430 g/mol. The van der Waals surface area contributed by atoms with Gasteiger partial charge in [-0.15, -0.1) is 0 Å². The van der Waals surface area contributed by atoms with Gasteiger partial charge in [0.05, 0.1) is 0 Å². The molecule has 32 heavy (non-hydrogen) atoms. The Bertz CT molecular complexity index is 975. The summed E-state index contributed by atoms with van der Waals surface area (Å²) in [4.78, 5) is 21.6. The number of amides is 1. The summed E-state index contributed by atoms with van der Waals surface area (Å²) in [6.45, 7) is 1.15. The van der Waals surface area contributed by atoms with E-state index in [9.17, 15) is 22.4 Å². The largest absolute Gasteiger partial charge is 0.490 e. The molecule has 0 aromatic heterocycles. The molecule has 4 rings (SSSR count). The predicted octanol–water partition coefficient (Wildman–Crippen LogP) is 2.95. The zero-order valence-electron chi connectivity index (χ0n) is 17.0. The van der Waals surface area contributed by atoms with E-state index < -0.39 is 12.1 Å². The molecule has 1 heterocycles. The fraction of sp³-hybridized carbons (Fsp3) is 0.364. The lowest BCUT2D eigenvalue weighted by atomic mass is 9.84. The van der Waals surface area contributed by atoms with Crippen molar-refractivity contribution in [1.82, 2.24) is 10.6 Å². The maximum atomic E-state index is 13.0. The summed E-state index contributed by atoms with van der Waals surface area (Å²) >= 11 is 0. The summed E-state index contributed by atoms with van der Waals surface area (Å²) in [5, 5.41) is 13.5. The van der Waals surface area contributed by atoms with Gasteiger partial charge in [0.1, 0.15) is 11.9 Å². The molecule has 0 bridgehead atoms. The number of fused-ring (bicyclic) bond motifs is 2. The molecule has 1 saturated carbocycles. The third-order valence-corrected chi connectivity index (χ3v) is 5.64. The monoisotopic (exact) mass is 453 g/mol. The predicted molar refractivity (Wildman–Crippen MR) is 108 cm³/mol. The summed E-state index contributed by atoms with van der Waals surface area (Å²) in [6.07, 6.45) is -2.72. The van der Waals surface area contributed by atoms with E-state index in [1.54, 1.807) is 12.1 Å². The Hall–Kier alpha value is -2.98. The molecule has 1 fully saturated rings. The molecular formula is C22H23F4N3O3. The quantitative estimate of drug-likeness (QED) is 0.533. The first-order valence-corrected chi connectivity index (χ1v) is 9.95. The van der Waals surface area contributed by atoms with Crippen molar-refractivity contribution >= 4 is 11.9 Å². The van der Waals surface area contributed by atoms with E-state index in [4.69, 9.17) is 15.6 Å². The van der Waals surface area contributed by atoms with Crippen LogP contribution in [-0.2, 0) is 15.0 Å². The minimum absolute atomic E-state index is 0.0690. The lowest BCUT2D eigenvalue weighted by Gasteiger charge is -2.32. The molecule has 10 heteroatoms. The number of halogens is 4. The van der Waals surface area contributed by atoms with Crippen LogP contribution in [0.25, 0.3) is 0 Å². The summed E-state index contributed by atoms with van der Waals surface area (Å²) in [7, 11) is 0. The average molecular weight is 453 g/mol. The Morgan fingerprint density at radius 1 is 1.16 bits per heavy atom. The number of benzene rings is 2. The smallest absolute Gasteiger partial charge is 0.475 e. The third-order valence-electron chi connectivity index (χ3n) is 5.64. The lowest BCUT2D eigenvalue weighted by molar-refractivity contribution is -0.192. The molecule has 2 atom stereocenters. The standard InChI is InChI=1S/C20H22FN3O.C2HF3O2/c21-14-7-5-13(6-8-14)17(22)11-23-19(25)18-15-3-1-2-4-16(15)20(9-10-20)12-24-18;3-2(4,5)1(6)7/h1-8,17-18,24H,9-12,22H2,(H,23,25);(H,6,7). The minimum Gasteiger partial charge on any atom is -0.475 e. The first-order chi connectivity index (χ1) is 15.0. The SMILES string of the molecule is NC(CNC(=O)C1NCC2(CC2)c2ccccc21)c1ccc(F)cc1.O=C(O)C(F)(F)F. The fourth-order valence-electron chi connectivity index (χ4n) is 3.71. The van der Waals surface area contributed by atoms with E-state index in [1.165, 1.54) is 30.5 Å². The normalized spacial score (nSPS) is 19.2. The van der Waals surface area contributed by atoms with Gasteiger partial charge < -0.3 is 21.5 Å². The van der Waals surface area contributed by atoms with Crippen LogP contribution in [-0.4, -0.2) is 36.2 Å². The van der Waals surface area contributed by atoms with Crippen LogP contribution in [0.3, 0.4) is 0 Å². The number of alkyl halides is 3. The van der Waals surface area contributed by atoms with Crippen molar-refractivity contribution in [1.29, 1.82) is 0 Å². The van der Waals surface area contributed by atoms with E-state index >= 15 is 0 Å². The van der Waals surface area contributed by atoms with Crippen LogP contribution >= 0.6 is 0 Å². The Morgan fingerprint density at radius 3 is 2.31 bits per heavy atom. The third kappa shape index (κ3) is 5.43. The molecule has 1 spiro atoms. The topological polar surface area (TPSA) is 104 Å². The lowest BCUT2D eigenvalue weighted by Crippen LogP contribution is -2.46. The number of aliphatic carboxylic acids is 1.